The first-order valence-corrected chi connectivity index (χ1v) is 9.29. The third-order valence-electron chi connectivity index (χ3n) is 4.77. The highest BCUT2D eigenvalue weighted by molar-refractivity contribution is 5.94. The van der Waals surface area contributed by atoms with Crippen LogP contribution in [0.5, 0.6) is 23.0 Å². The van der Waals surface area contributed by atoms with Gasteiger partial charge in [-0.1, -0.05) is 0 Å². The third kappa shape index (κ3) is 3.59. The normalized spacial score (nSPS) is 10.8. The molecule has 0 atom stereocenters. The van der Waals surface area contributed by atoms with Crippen LogP contribution in [-0.2, 0) is 6.54 Å². The quantitative estimate of drug-likeness (QED) is 0.464. The number of methoxy groups -OCH3 is 4. The van der Waals surface area contributed by atoms with E-state index in [-0.39, 0.29) is 0 Å². The molecule has 8 heteroatoms. The standard InChI is InChI=1S/C22H22N4O4/c1-27-17-7-6-14(10-18(17)28-2)22-15-11-19(29-3)20(30-4)12-16(15)24-21(25-22)13-26-9-5-8-23-26/h5-12H,13H2,1-4H3. The van der Waals surface area contributed by atoms with Crippen molar-refractivity contribution in [2.24, 2.45) is 0 Å². The molecule has 30 heavy (non-hydrogen) atoms. The van der Waals surface area contributed by atoms with E-state index >= 15 is 0 Å². The molecule has 0 radical (unpaired) electrons. The Kier molecular flexibility index (Phi) is 5.38. The molecule has 0 unspecified atom stereocenters. The lowest BCUT2D eigenvalue weighted by atomic mass is 10.0. The number of rotatable bonds is 7. The first-order chi connectivity index (χ1) is 14.7. The van der Waals surface area contributed by atoms with Crippen molar-refractivity contribution in [3.63, 3.8) is 0 Å². The second kappa shape index (κ2) is 8.28. The molecular weight excluding hydrogens is 384 g/mol. The predicted octanol–water partition coefficient (Wildman–Crippen LogP) is 3.58. The maximum atomic E-state index is 5.49. The molecule has 0 aliphatic carbocycles. The maximum absolute atomic E-state index is 5.49. The molecule has 0 amide bonds. The second-order valence-corrected chi connectivity index (χ2v) is 6.49. The van der Waals surface area contributed by atoms with Gasteiger partial charge in [0.1, 0.15) is 6.54 Å². The molecule has 4 aromatic rings. The minimum absolute atomic E-state index is 0.442. The van der Waals surface area contributed by atoms with Gasteiger partial charge >= 0.3 is 0 Å². The van der Waals surface area contributed by atoms with Crippen molar-refractivity contribution in [1.82, 2.24) is 19.7 Å². The Morgan fingerprint density at radius 1 is 0.800 bits per heavy atom. The Bertz CT molecular complexity index is 1180. The van der Waals surface area contributed by atoms with Gasteiger partial charge in [-0.3, -0.25) is 4.68 Å². The molecule has 0 fully saturated rings. The molecule has 4 rings (SSSR count). The number of nitrogens with zero attached hydrogens (tertiary/aromatic N) is 4. The minimum atomic E-state index is 0.442. The lowest BCUT2D eigenvalue weighted by Gasteiger charge is -2.14. The van der Waals surface area contributed by atoms with Gasteiger partial charge < -0.3 is 18.9 Å². The Labute approximate surface area is 174 Å². The van der Waals surface area contributed by atoms with E-state index in [1.807, 2.05) is 42.6 Å². The Morgan fingerprint density at radius 2 is 1.50 bits per heavy atom. The molecule has 0 spiro atoms. The van der Waals surface area contributed by atoms with Crippen LogP contribution in [-0.4, -0.2) is 48.2 Å². The number of aromatic nitrogens is 4. The number of hydrogen-bond donors (Lipinski definition) is 0. The van der Waals surface area contributed by atoms with Gasteiger partial charge in [0.15, 0.2) is 28.8 Å². The summed E-state index contributed by atoms with van der Waals surface area (Å²) in [6.07, 6.45) is 3.60. The fourth-order valence-electron chi connectivity index (χ4n) is 3.32. The Hall–Kier alpha value is -3.81. The van der Waals surface area contributed by atoms with Crippen LogP contribution in [0.1, 0.15) is 5.82 Å². The van der Waals surface area contributed by atoms with Gasteiger partial charge in [0, 0.05) is 29.4 Å². The van der Waals surface area contributed by atoms with Gasteiger partial charge in [-0.25, -0.2) is 9.97 Å². The molecule has 2 heterocycles. The molecule has 154 valence electrons. The van der Waals surface area contributed by atoms with Gasteiger partial charge in [0.25, 0.3) is 0 Å². The van der Waals surface area contributed by atoms with Crippen molar-refractivity contribution >= 4 is 10.9 Å². The van der Waals surface area contributed by atoms with Gasteiger partial charge in [0.2, 0.25) is 0 Å². The second-order valence-electron chi connectivity index (χ2n) is 6.49. The Balaban J connectivity index is 1.95. The van der Waals surface area contributed by atoms with Crippen LogP contribution in [0.25, 0.3) is 22.2 Å². The van der Waals surface area contributed by atoms with Crippen LogP contribution in [0.3, 0.4) is 0 Å². The zero-order chi connectivity index (χ0) is 21.1. The lowest BCUT2D eigenvalue weighted by molar-refractivity contribution is 0.355. The van der Waals surface area contributed by atoms with E-state index in [0.717, 1.165) is 22.2 Å². The lowest BCUT2D eigenvalue weighted by Crippen LogP contribution is -2.06. The first kappa shape index (κ1) is 19.5. The van der Waals surface area contributed by atoms with E-state index in [0.29, 0.717) is 35.4 Å². The first-order valence-electron chi connectivity index (χ1n) is 9.29. The molecule has 0 aliphatic heterocycles. The van der Waals surface area contributed by atoms with E-state index in [2.05, 4.69) is 5.10 Å². The highest BCUT2D eigenvalue weighted by Crippen LogP contribution is 2.38. The van der Waals surface area contributed by atoms with Crippen LogP contribution in [0.15, 0.2) is 48.8 Å². The average molecular weight is 406 g/mol. The van der Waals surface area contributed by atoms with Crippen LogP contribution < -0.4 is 18.9 Å². The van der Waals surface area contributed by atoms with E-state index in [1.165, 1.54) is 0 Å². The van der Waals surface area contributed by atoms with Gasteiger partial charge in [-0.15, -0.1) is 0 Å². The molecule has 2 aromatic carbocycles. The maximum Gasteiger partial charge on any atom is 0.162 e. The summed E-state index contributed by atoms with van der Waals surface area (Å²) in [6, 6.07) is 11.3. The van der Waals surface area contributed by atoms with E-state index in [9.17, 15) is 0 Å². The smallest absolute Gasteiger partial charge is 0.162 e. The number of ether oxygens (including phenoxy) is 4. The summed E-state index contributed by atoms with van der Waals surface area (Å²) in [5.41, 5.74) is 2.37. The number of fused-ring (bicyclic) bond motifs is 1. The van der Waals surface area contributed by atoms with Gasteiger partial charge in [-0.05, 0) is 30.3 Å². The summed E-state index contributed by atoms with van der Waals surface area (Å²) < 4.78 is 23.6. The summed E-state index contributed by atoms with van der Waals surface area (Å²) in [7, 11) is 6.42. The largest absolute Gasteiger partial charge is 0.493 e. The molecule has 0 bridgehead atoms. The molecule has 2 aromatic heterocycles. The van der Waals surface area contributed by atoms with Gasteiger partial charge in [0.05, 0.1) is 39.6 Å². The van der Waals surface area contributed by atoms with E-state index in [4.69, 9.17) is 28.9 Å². The van der Waals surface area contributed by atoms with Crippen molar-refractivity contribution in [3.05, 3.63) is 54.6 Å². The third-order valence-corrected chi connectivity index (χ3v) is 4.77. The molecule has 0 saturated carbocycles. The summed E-state index contributed by atoms with van der Waals surface area (Å²) in [6.45, 7) is 0.442. The topological polar surface area (TPSA) is 80.5 Å². The van der Waals surface area contributed by atoms with E-state index < -0.39 is 0 Å². The number of hydrogen-bond acceptors (Lipinski definition) is 7. The minimum Gasteiger partial charge on any atom is -0.493 e. The van der Waals surface area contributed by atoms with Crippen LogP contribution in [0, 0.1) is 0 Å². The van der Waals surface area contributed by atoms with Crippen molar-refractivity contribution in [3.8, 4) is 34.3 Å². The molecular formula is C22H22N4O4. The van der Waals surface area contributed by atoms with Crippen molar-refractivity contribution in [2.75, 3.05) is 28.4 Å². The van der Waals surface area contributed by atoms with E-state index in [1.54, 1.807) is 39.3 Å². The van der Waals surface area contributed by atoms with Crippen LogP contribution >= 0.6 is 0 Å². The fraction of sp³-hybridized carbons (Fsp3) is 0.227. The molecule has 8 nitrogen and oxygen atoms in total. The monoisotopic (exact) mass is 406 g/mol. The van der Waals surface area contributed by atoms with Gasteiger partial charge in [-0.2, -0.15) is 5.10 Å². The molecule has 0 N–H and O–H groups in total. The number of benzene rings is 2. The van der Waals surface area contributed by atoms with Crippen molar-refractivity contribution in [2.45, 2.75) is 6.54 Å². The van der Waals surface area contributed by atoms with Crippen LogP contribution in [0.4, 0.5) is 0 Å². The highest BCUT2D eigenvalue weighted by atomic mass is 16.5. The fourth-order valence-corrected chi connectivity index (χ4v) is 3.32. The summed E-state index contributed by atoms with van der Waals surface area (Å²) >= 11 is 0. The highest BCUT2D eigenvalue weighted by Gasteiger charge is 2.16. The summed E-state index contributed by atoms with van der Waals surface area (Å²) in [5.74, 6) is 3.11. The van der Waals surface area contributed by atoms with Crippen molar-refractivity contribution in [1.29, 1.82) is 0 Å². The SMILES string of the molecule is COc1ccc(-c2nc(Cn3cccn3)nc3cc(OC)c(OC)cc23)cc1OC. The van der Waals surface area contributed by atoms with Crippen LogP contribution in [0.2, 0.25) is 0 Å². The predicted molar refractivity (Wildman–Crippen MR) is 113 cm³/mol. The zero-order valence-electron chi connectivity index (χ0n) is 17.2. The molecule has 0 aliphatic rings. The summed E-state index contributed by atoms with van der Waals surface area (Å²) in [5, 5.41) is 5.10. The van der Waals surface area contributed by atoms with Crippen molar-refractivity contribution < 1.29 is 18.9 Å². The molecule has 0 saturated heterocycles. The Morgan fingerprint density at radius 3 is 2.17 bits per heavy atom. The summed E-state index contributed by atoms with van der Waals surface area (Å²) in [4.78, 5) is 9.58. The average Bonchev–Trinajstić information content (AvgIpc) is 3.30. The zero-order valence-corrected chi connectivity index (χ0v) is 17.2.